The Balaban J connectivity index is 2.33. The second kappa shape index (κ2) is 6.44. The summed E-state index contributed by atoms with van der Waals surface area (Å²) in [7, 11) is 0. The van der Waals surface area contributed by atoms with Crippen LogP contribution in [0.5, 0.6) is 0 Å². The summed E-state index contributed by atoms with van der Waals surface area (Å²) in [6.45, 7) is 3.42. The Kier molecular flexibility index (Phi) is 5.12. The molecule has 2 rings (SSSR count). The number of likely N-dealkylation sites (N-methyl/N-ethyl adjacent to an activating group) is 1. The van der Waals surface area contributed by atoms with Crippen LogP contribution < -0.4 is 10.2 Å². The monoisotopic (exact) mass is 364 g/mol. The van der Waals surface area contributed by atoms with Gasteiger partial charge in [-0.2, -0.15) is 0 Å². The zero-order valence-corrected chi connectivity index (χ0v) is 13.6. The number of carbonyl (C=O) groups excluding carboxylic acids is 1. The average molecular weight is 366 g/mol. The Labute approximate surface area is 131 Å². The molecular weight excluding hydrogens is 351 g/mol. The molecule has 104 valence electrons. The molecule has 1 fully saturated rings. The van der Waals surface area contributed by atoms with Crippen molar-refractivity contribution < 1.29 is 4.79 Å². The van der Waals surface area contributed by atoms with E-state index < -0.39 is 0 Å². The van der Waals surface area contributed by atoms with Crippen molar-refractivity contribution in [2.75, 3.05) is 18.0 Å². The molecule has 1 N–H and O–H groups in total. The maximum Gasteiger partial charge on any atom is 0.244 e. The van der Waals surface area contributed by atoms with Gasteiger partial charge in [0, 0.05) is 11.0 Å². The molecule has 3 nitrogen and oxygen atoms in total. The predicted molar refractivity (Wildman–Crippen MR) is 83.2 cm³/mol. The van der Waals surface area contributed by atoms with E-state index in [1.807, 2.05) is 6.92 Å². The first-order chi connectivity index (χ1) is 9.04. The molecule has 1 aromatic rings. The number of anilines is 1. The molecule has 1 amide bonds. The van der Waals surface area contributed by atoms with Crippen LogP contribution in [0.25, 0.3) is 0 Å². The second-order valence-electron chi connectivity index (χ2n) is 4.46. The highest BCUT2D eigenvalue weighted by Crippen LogP contribution is 2.38. The van der Waals surface area contributed by atoms with E-state index in [2.05, 4.69) is 21.2 Å². The summed E-state index contributed by atoms with van der Waals surface area (Å²) in [5.41, 5.74) is 0.610. The summed E-state index contributed by atoms with van der Waals surface area (Å²) >= 11 is 15.8. The van der Waals surface area contributed by atoms with Gasteiger partial charge in [-0.25, -0.2) is 0 Å². The summed E-state index contributed by atoms with van der Waals surface area (Å²) in [6, 6.07) is 3.37. The lowest BCUT2D eigenvalue weighted by Crippen LogP contribution is -2.51. The summed E-state index contributed by atoms with van der Waals surface area (Å²) in [5, 5.41) is 4.18. The lowest BCUT2D eigenvalue weighted by atomic mass is 10.0. The fourth-order valence-electron chi connectivity index (χ4n) is 2.33. The van der Waals surface area contributed by atoms with Gasteiger partial charge in [-0.3, -0.25) is 4.79 Å². The Bertz CT molecular complexity index is 471. The molecule has 0 spiro atoms. The van der Waals surface area contributed by atoms with Gasteiger partial charge in [-0.15, -0.1) is 0 Å². The lowest BCUT2D eigenvalue weighted by Gasteiger charge is -2.33. The highest BCUT2D eigenvalue weighted by atomic mass is 79.9. The standard InChI is InChI=1S/C13H15BrCl2N2O/c1-2-17-11-4-3-5-18(13(11)19)12-9(15)6-8(14)7-10(12)16/h6-7,11,17H,2-5H2,1H3. The minimum Gasteiger partial charge on any atom is -0.308 e. The Hall–Kier alpha value is -0.290. The number of piperidine rings is 1. The topological polar surface area (TPSA) is 32.3 Å². The molecule has 0 saturated carbocycles. The van der Waals surface area contributed by atoms with Gasteiger partial charge >= 0.3 is 0 Å². The van der Waals surface area contributed by atoms with Crippen molar-refractivity contribution in [2.24, 2.45) is 0 Å². The van der Waals surface area contributed by atoms with Crippen molar-refractivity contribution in [3.05, 3.63) is 26.7 Å². The van der Waals surface area contributed by atoms with Crippen LogP contribution in [0.1, 0.15) is 19.8 Å². The Morgan fingerprint density at radius 2 is 2.05 bits per heavy atom. The van der Waals surface area contributed by atoms with E-state index in [4.69, 9.17) is 23.2 Å². The van der Waals surface area contributed by atoms with Crippen LogP contribution in [0.15, 0.2) is 16.6 Å². The molecule has 0 aliphatic carbocycles. The van der Waals surface area contributed by atoms with Crippen LogP contribution >= 0.6 is 39.1 Å². The molecule has 1 aliphatic heterocycles. The first-order valence-electron chi connectivity index (χ1n) is 6.24. The van der Waals surface area contributed by atoms with E-state index in [1.54, 1.807) is 17.0 Å². The molecule has 1 saturated heterocycles. The van der Waals surface area contributed by atoms with Gasteiger partial charge in [0.05, 0.1) is 21.8 Å². The van der Waals surface area contributed by atoms with Crippen molar-refractivity contribution in [3.8, 4) is 0 Å². The van der Waals surface area contributed by atoms with Gasteiger partial charge in [-0.05, 0) is 31.5 Å². The highest BCUT2D eigenvalue weighted by molar-refractivity contribution is 9.10. The van der Waals surface area contributed by atoms with Gasteiger partial charge in [0.1, 0.15) is 0 Å². The Morgan fingerprint density at radius 3 is 2.63 bits per heavy atom. The van der Waals surface area contributed by atoms with E-state index in [1.165, 1.54) is 0 Å². The third-order valence-electron chi connectivity index (χ3n) is 3.14. The normalized spacial score (nSPS) is 19.9. The van der Waals surface area contributed by atoms with Gasteiger partial charge in [0.2, 0.25) is 5.91 Å². The molecule has 0 radical (unpaired) electrons. The summed E-state index contributed by atoms with van der Waals surface area (Å²) in [4.78, 5) is 14.1. The molecule has 1 atom stereocenters. The van der Waals surface area contributed by atoms with Crippen LogP contribution in [0.4, 0.5) is 5.69 Å². The fraction of sp³-hybridized carbons (Fsp3) is 0.462. The van der Waals surface area contributed by atoms with Crippen molar-refractivity contribution >= 4 is 50.7 Å². The average Bonchev–Trinajstić information content (AvgIpc) is 2.32. The number of benzene rings is 1. The van der Waals surface area contributed by atoms with Crippen molar-refractivity contribution in [1.82, 2.24) is 5.32 Å². The SMILES string of the molecule is CCNC1CCCN(c2c(Cl)cc(Br)cc2Cl)C1=O. The van der Waals surface area contributed by atoms with Gasteiger partial charge in [0.25, 0.3) is 0 Å². The van der Waals surface area contributed by atoms with Gasteiger partial charge < -0.3 is 10.2 Å². The molecular formula is C13H15BrCl2N2O. The minimum atomic E-state index is -0.144. The first kappa shape index (κ1) is 15.1. The molecule has 0 aromatic heterocycles. The number of carbonyl (C=O) groups is 1. The van der Waals surface area contributed by atoms with E-state index in [9.17, 15) is 4.79 Å². The van der Waals surface area contributed by atoms with E-state index in [0.717, 1.165) is 23.9 Å². The smallest absolute Gasteiger partial charge is 0.244 e. The molecule has 1 aliphatic rings. The van der Waals surface area contributed by atoms with E-state index in [-0.39, 0.29) is 11.9 Å². The predicted octanol–water partition coefficient (Wildman–Crippen LogP) is 3.86. The van der Waals surface area contributed by atoms with Gasteiger partial charge in [0.15, 0.2) is 0 Å². The third kappa shape index (κ3) is 3.24. The molecule has 0 bridgehead atoms. The maximum absolute atomic E-state index is 12.4. The number of hydrogen-bond donors (Lipinski definition) is 1. The van der Waals surface area contributed by atoms with Crippen LogP contribution in [0.3, 0.4) is 0 Å². The molecule has 1 unspecified atom stereocenters. The maximum atomic E-state index is 12.4. The quantitative estimate of drug-likeness (QED) is 0.881. The van der Waals surface area contributed by atoms with Crippen molar-refractivity contribution in [3.63, 3.8) is 0 Å². The molecule has 6 heteroatoms. The lowest BCUT2D eigenvalue weighted by molar-refractivity contribution is -0.121. The van der Waals surface area contributed by atoms with Crippen LogP contribution in [0, 0.1) is 0 Å². The largest absolute Gasteiger partial charge is 0.308 e. The van der Waals surface area contributed by atoms with Crippen LogP contribution in [0.2, 0.25) is 10.0 Å². The third-order valence-corrected chi connectivity index (χ3v) is 4.17. The number of nitrogens with one attached hydrogen (secondary N) is 1. The number of halogens is 3. The van der Waals surface area contributed by atoms with E-state index >= 15 is 0 Å². The highest BCUT2D eigenvalue weighted by Gasteiger charge is 2.31. The van der Waals surface area contributed by atoms with Crippen molar-refractivity contribution in [2.45, 2.75) is 25.8 Å². The number of rotatable bonds is 3. The summed E-state index contributed by atoms with van der Waals surface area (Å²) in [5.74, 6) is 0.0409. The zero-order valence-electron chi connectivity index (χ0n) is 10.5. The number of hydrogen-bond acceptors (Lipinski definition) is 2. The molecule has 1 heterocycles. The van der Waals surface area contributed by atoms with Crippen LogP contribution in [-0.2, 0) is 4.79 Å². The van der Waals surface area contributed by atoms with Crippen molar-refractivity contribution in [1.29, 1.82) is 0 Å². The van der Waals surface area contributed by atoms with Crippen LogP contribution in [-0.4, -0.2) is 25.0 Å². The fourth-order valence-corrected chi connectivity index (χ4v) is 3.74. The minimum absolute atomic E-state index is 0.0409. The van der Waals surface area contributed by atoms with E-state index in [0.29, 0.717) is 22.3 Å². The number of amides is 1. The molecule has 19 heavy (non-hydrogen) atoms. The summed E-state index contributed by atoms with van der Waals surface area (Å²) in [6.07, 6.45) is 1.79. The van der Waals surface area contributed by atoms with Gasteiger partial charge in [-0.1, -0.05) is 46.1 Å². The summed E-state index contributed by atoms with van der Waals surface area (Å²) < 4.78 is 0.805. The Morgan fingerprint density at radius 1 is 1.42 bits per heavy atom. The zero-order chi connectivity index (χ0) is 14.0. The number of nitrogens with zero attached hydrogens (tertiary/aromatic N) is 1. The second-order valence-corrected chi connectivity index (χ2v) is 6.19. The first-order valence-corrected chi connectivity index (χ1v) is 7.78. The molecule has 1 aromatic carbocycles.